The number of halogens is 2. The van der Waals surface area contributed by atoms with Gasteiger partial charge in [0.25, 0.3) is 0 Å². The number of pyridine rings is 1. The van der Waals surface area contributed by atoms with Gasteiger partial charge in [-0.3, -0.25) is 43.6 Å². The van der Waals surface area contributed by atoms with Crippen LogP contribution in [0.1, 0.15) is 24.8 Å². The van der Waals surface area contributed by atoms with Crippen LogP contribution < -0.4 is 20.9 Å². The van der Waals surface area contributed by atoms with Crippen molar-refractivity contribution < 1.29 is 109 Å². The molecule has 29 heteroatoms. The number of ether oxygens (including phenoxy) is 6. The van der Waals surface area contributed by atoms with Crippen LogP contribution in [0.15, 0.2) is 42.6 Å². The molecular weight excluding hydrogens is 1330 g/mol. The van der Waals surface area contributed by atoms with Crippen LogP contribution in [0, 0.1) is 49.6 Å². The van der Waals surface area contributed by atoms with E-state index in [1.165, 1.54) is 6.07 Å². The van der Waals surface area contributed by atoms with Crippen LogP contribution in [0.5, 0.6) is 0 Å². The third-order valence-corrected chi connectivity index (χ3v) is 15.4. The summed E-state index contributed by atoms with van der Waals surface area (Å²) in [6, 6.07) is 10.7. The van der Waals surface area contributed by atoms with Crippen LogP contribution in [0.4, 0.5) is 15.9 Å². The number of aliphatic carboxylic acids is 3. The van der Waals surface area contributed by atoms with Crippen molar-refractivity contribution in [2.24, 2.45) is 5.73 Å². The molecule has 3 fully saturated rings. The molecule has 0 unspecified atom stereocenters. The summed E-state index contributed by atoms with van der Waals surface area (Å²) in [5, 5.41) is 31.7. The number of imidazole rings is 1. The van der Waals surface area contributed by atoms with Gasteiger partial charge >= 0.3 is 17.9 Å². The number of H-pyrrole nitrogens is 1. The molecule has 1 radical (unpaired) electrons. The SMILES string of the molecule is Cc1cc(F)cc(-c2cnc(N3CCN(C(=O)CCOCCOCCOCCOCCOCCOCCNC(=O)CN4CCN(CC(=O)O)CCN(CC(=O)O)CCN(CC(=O)O)CC4)CC3)c(-c3nc4ccc(Cl)cc4[nH]3)c2N2CCC(N)CC2)c1.[Lu]. The summed E-state index contributed by atoms with van der Waals surface area (Å²) in [4.78, 5) is 87.8. The molecule has 0 saturated carbocycles. The molecule has 0 spiro atoms. The van der Waals surface area contributed by atoms with Crippen LogP contribution in [-0.2, 0) is 52.4 Å². The van der Waals surface area contributed by atoms with Gasteiger partial charge in [0, 0.05) is 158 Å². The Balaban J connectivity index is 0.0000124. The minimum Gasteiger partial charge on any atom is -0.480 e. The molecule has 0 bridgehead atoms. The van der Waals surface area contributed by atoms with E-state index in [1.54, 1.807) is 20.8 Å². The standard InChI is InChI=1S/C59H86ClFN12O14.Lu/c1-43-34-44(36-46(61)35-43)48-38-64-59(56(57(48)72-8-4-47(62)5-9-72)58-65-49-3-2-45(60)37-50(49)66-58)73-20-18-71(19-21-73)52(75)6-22-82-24-26-84-28-30-86-32-33-87-31-29-85-27-25-83-23-7-63-51(74)39-67-10-12-68(40-53(76)77)14-16-70(42-55(80)81)17-15-69(13-11-67)41-54(78)79;/h2-3,34-38,47H,4-33,39-42,62H2,1H3,(H,63,74)(H,65,66)(H,76,77)(H,78,79)(H,80,81);. The maximum atomic E-state index is 15.0. The molecule has 5 heterocycles. The second kappa shape index (κ2) is 38.7. The van der Waals surface area contributed by atoms with Gasteiger partial charge in [-0.05, 0) is 61.2 Å². The summed E-state index contributed by atoms with van der Waals surface area (Å²) in [6.07, 6.45) is 3.67. The number of nitrogens with one attached hydrogen (secondary N) is 2. The summed E-state index contributed by atoms with van der Waals surface area (Å²) >= 11 is 6.41. The summed E-state index contributed by atoms with van der Waals surface area (Å²) in [6.45, 7) is 11.5. The van der Waals surface area contributed by atoms with E-state index in [0.717, 1.165) is 57.6 Å². The number of carbonyl (C=O) groups is 5. The van der Waals surface area contributed by atoms with Gasteiger partial charge in [0.15, 0.2) is 0 Å². The van der Waals surface area contributed by atoms with Gasteiger partial charge in [0.05, 0.1) is 134 Å². The molecule has 0 atom stereocenters. The van der Waals surface area contributed by atoms with Crippen LogP contribution in [0.2, 0.25) is 5.02 Å². The van der Waals surface area contributed by atoms with Crippen LogP contribution >= 0.6 is 11.6 Å². The molecule has 3 aliphatic heterocycles. The van der Waals surface area contributed by atoms with E-state index in [0.29, 0.717) is 155 Å². The number of benzene rings is 2. The number of piperidine rings is 1. The molecule has 26 nitrogen and oxygen atoms in total. The molecule has 4 aromatic rings. The number of hydrogen-bond donors (Lipinski definition) is 6. The Morgan fingerprint density at radius 2 is 1.12 bits per heavy atom. The molecule has 2 amide bonds. The van der Waals surface area contributed by atoms with Crippen LogP contribution in [-0.4, -0.2) is 294 Å². The molecule has 3 saturated heterocycles. The Bertz CT molecular complexity index is 2780. The molecule has 0 aliphatic carbocycles. The Labute approximate surface area is 547 Å². The second-order valence-corrected chi connectivity index (χ2v) is 22.2. The number of piperazine rings is 1. The Morgan fingerprint density at radius 3 is 1.62 bits per heavy atom. The number of hydrogen-bond acceptors (Lipinski definition) is 20. The van der Waals surface area contributed by atoms with Crippen molar-refractivity contribution in [3.05, 3.63) is 59.0 Å². The molecule has 88 heavy (non-hydrogen) atoms. The number of carboxylic acids is 3. The molecule has 7 rings (SSSR count). The molecule has 495 valence electrons. The average Bonchev–Trinajstić information content (AvgIpc) is 1.43. The monoisotopic (exact) mass is 1420 g/mol. The normalized spacial score (nSPS) is 16.5. The van der Waals surface area contributed by atoms with Gasteiger partial charge in [0.2, 0.25) is 11.8 Å². The first kappa shape index (κ1) is 72.1. The summed E-state index contributed by atoms with van der Waals surface area (Å²) in [7, 11) is 0. The number of fused-ring (bicyclic) bond motifs is 1. The van der Waals surface area contributed by atoms with E-state index in [-0.39, 0.29) is 126 Å². The van der Waals surface area contributed by atoms with Crippen LogP contribution in [0.25, 0.3) is 33.5 Å². The largest absolute Gasteiger partial charge is 0.480 e. The van der Waals surface area contributed by atoms with Gasteiger partial charge in [-0.2, -0.15) is 0 Å². The average molecular weight is 1420 g/mol. The van der Waals surface area contributed by atoms with Gasteiger partial charge < -0.3 is 74.5 Å². The molecule has 2 aromatic carbocycles. The van der Waals surface area contributed by atoms with Gasteiger partial charge in [0.1, 0.15) is 17.5 Å². The number of aromatic nitrogens is 3. The fraction of sp³-hybridized carbons (Fsp3) is 0.610. The minimum atomic E-state index is -1.03. The van der Waals surface area contributed by atoms with Gasteiger partial charge in [-0.15, -0.1) is 0 Å². The summed E-state index contributed by atoms with van der Waals surface area (Å²) in [5.74, 6) is -2.30. The summed E-state index contributed by atoms with van der Waals surface area (Å²) in [5.41, 5.74) is 12.0. The fourth-order valence-corrected chi connectivity index (χ4v) is 10.8. The van der Waals surface area contributed by atoms with Crippen molar-refractivity contribution in [1.29, 1.82) is 0 Å². The number of amides is 2. The zero-order chi connectivity index (χ0) is 61.9. The fourth-order valence-electron chi connectivity index (χ4n) is 10.6. The first-order valence-corrected chi connectivity index (χ1v) is 30.2. The number of carbonyl (C=O) groups excluding carboxylic acids is 2. The predicted molar refractivity (Wildman–Crippen MR) is 324 cm³/mol. The van der Waals surface area contributed by atoms with Crippen molar-refractivity contribution in [3.8, 4) is 22.5 Å². The van der Waals surface area contributed by atoms with Gasteiger partial charge in [-0.25, -0.2) is 14.4 Å². The smallest absolute Gasteiger partial charge is 0.317 e. The predicted octanol–water partition coefficient (Wildman–Crippen LogP) is 2.05. The van der Waals surface area contributed by atoms with E-state index in [1.807, 2.05) is 47.2 Å². The van der Waals surface area contributed by atoms with E-state index in [2.05, 4.69) is 20.1 Å². The quantitative estimate of drug-likeness (QED) is 0.0372. The topological polar surface area (TPSA) is 304 Å². The number of aromatic amines is 1. The number of nitrogens with zero attached hydrogens (tertiary/aromatic N) is 9. The zero-order valence-corrected chi connectivity index (χ0v) is 52.5. The number of carboxylic acid groups (broad SMARTS) is 3. The molecule has 7 N–H and O–H groups in total. The molecule has 3 aliphatic rings. The first-order chi connectivity index (χ1) is 42.1. The maximum Gasteiger partial charge on any atom is 0.317 e. The van der Waals surface area contributed by atoms with Crippen molar-refractivity contribution in [2.75, 3.05) is 213 Å². The van der Waals surface area contributed by atoms with E-state index in [9.17, 15) is 39.3 Å². The second-order valence-electron chi connectivity index (χ2n) is 21.7. The van der Waals surface area contributed by atoms with Crippen molar-refractivity contribution in [1.82, 2.24) is 44.8 Å². The zero-order valence-electron chi connectivity index (χ0n) is 50.1. The Kier molecular flexibility index (Phi) is 31.7. The van der Waals surface area contributed by atoms with Gasteiger partial charge in [-0.1, -0.05) is 17.7 Å². The first-order valence-electron chi connectivity index (χ1n) is 29.9. The van der Waals surface area contributed by atoms with E-state index < -0.39 is 17.9 Å². The van der Waals surface area contributed by atoms with Crippen LogP contribution in [0.3, 0.4) is 0 Å². The van der Waals surface area contributed by atoms with Crippen molar-refractivity contribution >= 4 is 63.9 Å². The van der Waals surface area contributed by atoms with Crippen molar-refractivity contribution in [3.63, 3.8) is 0 Å². The number of rotatable bonds is 33. The number of anilines is 2. The summed E-state index contributed by atoms with van der Waals surface area (Å²) < 4.78 is 48.7. The third-order valence-electron chi connectivity index (χ3n) is 15.1. The Hall–Kier alpha value is -4.98. The molecule has 2 aromatic heterocycles. The van der Waals surface area contributed by atoms with E-state index >= 15 is 4.39 Å². The third kappa shape index (κ3) is 24.7. The van der Waals surface area contributed by atoms with Crippen molar-refractivity contribution in [2.45, 2.75) is 32.2 Å². The maximum absolute atomic E-state index is 15.0. The number of nitrogens with two attached hydrogens (primary N) is 1. The Morgan fingerprint density at radius 1 is 0.636 bits per heavy atom. The molecular formula is C59H86ClFLuN12O14. The minimum absolute atomic E-state index is 0. The number of aryl methyl sites for hydroxylation is 1. The van der Waals surface area contributed by atoms with E-state index in [4.69, 9.17) is 55.7 Å².